The van der Waals surface area contributed by atoms with E-state index in [0.29, 0.717) is 0 Å². The molecule has 1 heterocycles. The van der Waals surface area contributed by atoms with Crippen molar-refractivity contribution in [3.8, 4) is 0 Å². The van der Waals surface area contributed by atoms with E-state index in [1.165, 1.54) is 19.2 Å². The summed E-state index contributed by atoms with van der Waals surface area (Å²) in [6, 6.07) is 1.23. The van der Waals surface area contributed by atoms with E-state index in [1.54, 1.807) is 20.8 Å². The predicted molar refractivity (Wildman–Crippen MR) is 71.5 cm³/mol. The Morgan fingerprint density at radius 3 is 2.47 bits per heavy atom. The van der Waals surface area contributed by atoms with Gasteiger partial charge in [-0.25, -0.2) is 18.2 Å². The van der Waals surface area contributed by atoms with Crippen molar-refractivity contribution in [2.75, 3.05) is 11.5 Å². The normalized spacial score (nSPS) is 12.2. The number of carbonyl (C=O) groups excluding carboxylic acids is 1. The van der Waals surface area contributed by atoms with Crippen molar-refractivity contribution in [2.24, 2.45) is 0 Å². The van der Waals surface area contributed by atoms with Crippen LogP contribution in [0.1, 0.15) is 38.2 Å². The largest absolute Gasteiger partial charge is 0.455 e. The quantitative estimate of drug-likeness (QED) is 0.843. The van der Waals surface area contributed by atoms with E-state index in [9.17, 15) is 13.2 Å². The number of esters is 1. The number of nitrogens with two attached hydrogens (primary N) is 1. The molecule has 106 valence electrons. The molecule has 0 atom stereocenters. The third-order valence-corrected chi connectivity index (χ3v) is 3.92. The molecule has 0 aliphatic carbocycles. The van der Waals surface area contributed by atoms with Gasteiger partial charge in [0.1, 0.15) is 10.5 Å². The number of pyridine rings is 1. The fourth-order valence-corrected chi connectivity index (χ4v) is 2.39. The van der Waals surface area contributed by atoms with Gasteiger partial charge in [-0.3, -0.25) is 0 Å². The van der Waals surface area contributed by atoms with Crippen LogP contribution in [0.5, 0.6) is 0 Å². The average molecular weight is 286 g/mol. The van der Waals surface area contributed by atoms with Gasteiger partial charge in [-0.2, -0.15) is 0 Å². The van der Waals surface area contributed by atoms with Crippen molar-refractivity contribution in [2.45, 2.75) is 38.2 Å². The Kier molecular flexibility index (Phi) is 4.19. The SMILES string of the molecule is CCS(=O)(=O)c1cc(N)cnc1C(=O)OC(C)(C)C. The highest BCUT2D eigenvalue weighted by molar-refractivity contribution is 7.91. The van der Waals surface area contributed by atoms with E-state index in [1.807, 2.05) is 0 Å². The number of hydrogen-bond acceptors (Lipinski definition) is 6. The van der Waals surface area contributed by atoms with Gasteiger partial charge in [0.2, 0.25) is 0 Å². The van der Waals surface area contributed by atoms with Gasteiger partial charge in [0.05, 0.1) is 17.6 Å². The Bertz CT molecular complexity index is 588. The molecule has 0 aromatic carbocycles. The first-order chi connectivity index (χ1) is 8.57. The van der Waals surface area contributed by atoms with E-state index < -0.39 is 21.4 Å². The summed E-state index contributed by atoms with van der Waals surface area (Å²) in [5, 5.41) is 0. The minimum atomic E-state index is -3.60. The molecule has 0 bridgehead atoms. The molecule has 1 aromatic heterocycles. The molecule has 0 fully saturated rings. The number of nitrogen functional groups attached to an aromatic ring is 1. The second kappa shape index (κ2) is 5.16. The summed E-state index contributed by atoms with van der Waals surface area (Å²) in [4.78, 5) is 15.6. The Labute approximate surface area is 112 Å². The molecule has 1 rings (SSSR count). The maximum Gasteiger partial charge on any atom is 0.358 e. The third-order valence-electron chi connectivity index (χ3n) is 2.18. The minimum absolute atomic E-state index is 0.145. The number of rotatable bonds is 3. The van der Waals surface area contributed by atoms with Crippen LogP contribution in [-0.2, 0) is 14.6 Å². The van der Waals surface area contributed by atoms with Gasteiger partial charge in [0.25, 0.3) is 0 Å². The lowest BCUT2D eigenvalue weighted by atomic mass is 10.2. The van der Waals surface area contributed by atoms with Crippen molar-refractivity contribution in [3.05, 3.63) is 18.0 Å². The van der Waals surface area contributed by atoms with Gasteiger partial charge in [-0.05, 0) is 26.8 Å². The van der Waals surface area contributed by atoms with Crippen molar-refractivity contribution in [1.29, 1.82) is 0 Å². The van der Waals surface area contributed by atoms with Crippen LogP contribution in [-0.4, -0.2) is 30.7 Å². The molecule has 0 aliphatic rings. The molecular weight excluding hydrogens is 268 g/mol. The molecular formula is C12H18N2O4S. The van der Waals surface area contributed by atoms with Crippen LogP contribution in [0, 0.1) is 0 Å². The molecule has 1 aromatic rings. The molecule has 7 heteroatoms. The Morgan fingerprint density at radius 1 is 1.42 bits per heavy atom. The third kappa shape index (κ3) is 3.92. The first-order valence-corrected chi connectivity index (χ1v) is 7.43. The molecule has 6 nitrogen and oxygen atoms in total. The standard InChI is InChI=1S/C12H18N2O4S/c1-5-19(16,17)9-6-8(13)7-14-10(9)11(15)18-12(2,3)4/h6-7H,5,13H2,1-4H3. The number of anilines is 1. The molecule has 0 unspecified atom stereocenters. The van der Waals surface area contributed by atoms with Gasteiger partial charge in [0.15, 0.2) is 15.5 Å². The van der Waals surface area contributed by atoms with Gasteiger partial charge >= 0.3 is 5.97 Å². The van der Waals surface area contributed by atoms with Crippen LogP contribution in [0.25, 0.3) is 0 Å². The molecule has 0 saturated heterocycles. The summed E-state index contributed by atoms with van der Waals surface area (Å²) >= 11 is 0. The van der Waals surface area contributed by atoms with Crippen LogP contribution in [0.2, 0.25) is 0 Å². The van der Waals surface area contributed by atoms with Crippen molar-refractivity contribution < 1.29 is 17.9 Å². The Balaban J connectivity index is 3.33. The number of hydrogen-bond donors (Lipinski definition) is 1. The molecule has 0 amide bonds. The second-order valence-corrected chi connectivity index (χ2v) is 7.27. The monoisotopic (exact) mass is 286 g/mol. The lowest BCUT2D eigenvalue weighted by Gasteiger charge is -2.20. The summed E-state index contributed by atoms with van der Waals surface area (Å²) in [7, 11) is -3.60. The van der Waals surface area contributed by atoms with Crippen LogP contribution < -0.4 is 5.73 Å². The number of ether oxygens (including phenoxy) is 1. The van der Waals surface area contributed by atoms with Crippen LogP contribution in [0.4, 0.5) is 5.69 Å². The summed E-state index contributed by atoms with van der Waals surface area (Å²) < 4.78 is 29.0. The highest BCUT2D eigenvalue weighted by Crippen LogP contribution is 2.21. The topological polar surface area (TPSA) is 99.4 Å². The average Bonchev–Trinajstić information content (AvgIpc) is 2.26. The first-order valence-electron chi connectivity index (χ1n) is 5.78. The van der Waals surface area contributed by atoms with Crippen LogP contribution >= 0.6 is 0 Å². The zero-order valence-electron chi connectivity index (χ0n) is 11.4. The van der Waals surface area contributed by atoms with Gasteiger partial charge < -0.3 is 10.5 Å². The molecule has 0 radical (unpaired) electrons. The minimum Gasteiger partial charge on any atom is -0.455 e. The number of nitrogens with zero attached hydrogens (tertiary/aromatic N) is 1. The molecule has 19 heavy (non-hydrogen) atoms. The molecule has 0 spiro atoms. The molecule has 2 N–H and O–H groups in total. The zero-order chi connectivity index (χ0) is 14.8. The summed E-state index contributed by atoms with van der Waals surface area (Å²) in [6.45, 7) is 6.56. The number of sulfone groups is 1. The van der Waals surface area contributed by atoms with E-state index in [0.717, 1.165) is 0 Å². The summed E-state index contributed by atoms with van der Waals surface area (Å²) in [5.74, 6) is -0.923. The van der Waals surface area contributed by atoms with Gasteiger partial charge in [-0.1, -0.05) is 6.92 Å². The van der Waals surface area contributed by atoms with E-state index in [-0.39, 0.29) is 22.0 Å². The summed E-state index contributed by atoms with van der Waals surface area (Å²) in [5.41, 5.74) is 4.75. The number of carbonyl (C=O) groups is 1. The predicted octanol–water partition coefficient (Wildman–Crippen LogP) is 1.41. The molecule has 0 saturated carbocycles. The first kappa shape index (κ1) is 15.4. The fourth-order valence-electron chi connectivity index (χ4n) is 1.33. The second-order valence-electron chi connectivity index (χ2n) is 5.02. The maximum atomic E-state index is 12.0. The zero-order valence-corrected chi connectivity index (χ0v) is 12.2. The Hall–Kier alpha value is -1.63. The van der Waals surface area contributed by atoms with Crippen molar-refractivity contribution >= 4 is 21.5 Å². The van der Waals surface area contributed by atoms with Crippen molar-refractivity contribution in [1.82, 2.24) is 4.98 Å². The van der Waals surface area contributed by atoms with Crippen molar-refractivity contribution in [3.63, 3.8) is 0 Å². The van der Waals surface area contributed by atoms with E-state index in [2.05, 4.69) is 4.98 Å². The molecule has 0 aliphatic heterocycles. The lowest BCUT2D eigenvalue weighted by molar-refractivity contribution is 0.00581. The van der Waals surface area contributed by atoms with E-state index in [4.69, 9.17) is 10.5 Å². The smallest absolute Gasteiger partial charge is 0.358 e. The highest BCUT2D eigenvalue weighted by Gasteiger charge is 2.27. The summed E-state index contributed by atoms with van der Waals surface area (Å²) in [6.07, 6.45) is 1.23. The lowest BCUT2D eigenvalue weighted by Crippen LogP contribution is -2.26. The Morgan fingerprint density at radius 2 is 2.00 bits per heavy atom. The van der Waals surface area contributed by atoms with Crippen LogP contribution in [0.3, 0.4) is 0 Å². The van der Waals surface area contributed by atoms with E-state index >= 15 is 0 Å². The van der Waals surface area contributed by atoms with Crippen LogP contribution in [0.15, 0.2) is 17.2 Å². The van der Waals surface area contributed by atoms with Gasteiger partial charge in [0, 0.05) is 0 Å². The maximum absolute atomic E-state index is 12.0. The number of aromatic nitrogens is 1. The fraction of sp³-hybridized carbons (Fsp3) is 0.500. The van der Waals surface area contributed by atoms with Gasteiger partial charge in [-0.15, -0.1) is 0 Å². The highest BCUT2D eigenvalue weighted by atomic mass is 32.2.